The van der Waals surface area contributed by atoms with E-state index in [0.717, 1.165) is 20.5 Å². The number of carbonyl (C=O) groups excluding carboxylic acids is 1. The van der Waals surface area contributed by atoms with E-state index in [1.165, 1.54) is 26.2 Å². The number of rotatable bonds is 6. The van der Waals surface area contributed by atoms with Crippen molar-refractivity contribution >= 4 is 58.1 Å². The Bertz CT molecular complexity index is 1390. The summed E-state index contributed by atoms with van der Waals surface area (Å²) in [4.78, 5) is 41.0. The van der Waals surface area contributed by atoms with E-state index in [0.29, 0.717) is 16.3 Å². The monoisotopic (exact) mass is 493 g/mol. The van der Waals surface area contributed by atoms with Crippen LogP contribution in [0.4, 0.5) is 9.52 Å². The van der Waals surface area contributed by atoms with Gasteiger partial charge in [0.2, 0.25) is 5.91 Å². The van der Waals surface area contributed by atoms with E-state index < -0.39 is 29.4 Å². The molecule has 0 aliphatic carbocycles. The summed E-state index contributed by atoms with van der Waals surface area (Å²) in [5.74, 6) is -1.22. The van der Waals surface area contributed by atoms with Crippen molar-refractivity contribution < 1.29 is 9.18 Å². The molecule has 32 heavy (non-hydrogen) atoms. The molecule has 2 aromatic heterocycles. The van der Waals surface area contributed by atoms with Gasteiger partial charge in [-0.15, -0.1) is 24.0 Å². The first-order valence-electron chi connectivity index (χ1n) is 8.97. The van der Waals surface area contributed by atoms with E-state index in [-0.39, 0.29) is 27.0 Å². The summed E-state index contributed by atoms with van der Waals surface area (Å²) in [6, 6.07) is 4.58. The van der Waals surface area contributed by atoms with Gasteiger partial charge in [0.05, 0.1) is 28.4 Å². The summed E-state index contributed by atoms with van der Waals surface area (Å²) in [5, 5.41) is 13.0. The van der Waals surface area contributed by atoms with Crippen molar-refractivity contribution in [3.63, 3.8) is 0 Å². The molecule has 0 saturated heterocycles. The fourth-order valence-electron chi connectivity index (χ4n) is 2.87. The molecule has 0 saturated carbocycles. The smallest absolute Gasteiger partial charge is 0.304 e. The van der Waals surface area contributed by atoms with Crippen LogP contribution in [0.5, 0.6) is 0 Å². The van der Waals surface area contributed by atoms with Crippen LogP contribution >= 0.6 is 35.6 Å². The van der Waals surface area contributed by atoms with E-state index in [1.807, 2.05) is 0 Å². The Labute approximate surface area is 195 Å². The second-order valence-electron chi connectivity index (χ2n) is 6.78. The first-order chi connectivity index (χ1) is 15.0. The van der Waals surface area contributed by atoms with Crippen molar-refractivity contribution in [2.24, 2.45) is 14.1 Å². The number of thiol groups is 1. The van der Waals surface area contributed by atoms with Gasteiger partial charge in [-0.25, -0.2) is 14.2 Å². The molecule has 0 atom stereocenters. The second-order valence-corrected chi connectivity index (χ2v) is 8.50. The molecule has 0 aliphatic heterocycles. The molecule has 0 aliphatic rings. The number of aromatic nitrogens is 3. The Balaban J connectivity index is 1.79. The highest BCUT2D eigenvalue weighted by molar-refractivity contribution is 7.80. The fourth-order valence-corrected chi connectivity index (χ4v) is 4.15. The van der Waals surface area contributed by atoms with E-state index in [2.05, 4.69) is 29.5 Å². The van der Waals surface area contributed by atoms with Crippen LogP contribution in [0.25, 0.3) is 17.1 Å². The summed E-state index contributed by atoms with van der Waals surface area (Å²) in [6.07, 6.45) is -0.432. The Hall–Kier alpha value is -3.02. The van der Waals surface area contributed by atoms with Crippen molar-refractivity contribution in [1.29, 1.82) is 5.41 Å². The van der Waals surface area contributed by atoms with Crippen LogP contribution in [0.15, 0.2) is 44.8 Å². The van der Waals surface area contributed by atoms with Crippen molar-refractivity contribution in [2.75, 3.05) is 5.32 Å². The van der Waals surface area contributed by atoms with E-state index in [4.69, 9.17) is 17.0 Å². The zero-order chi connectivity index (χ0) is 23.7. The molecule has 8 nitrogen and oxygen atoms in total. The van der Waals surface area contributed by atoms with Crippen LogP contribution in [0, 0.1) is 5.41 Å². The molecule has 12 heteroatoms. The molecule has 0 spiro atoms. The summed E-state index contributed by atoms with van der Waals surface area (Å²) in [7, 11) is 2.70. The largest absolute Gasteiger partial charge is 0.331 e. The molecule has 0 bridgehead atoms. The highest BCUT2D eigenvalue weighted by atomic mass is 35.5. The molecule has 1 amide bonds. The van der Waals surface area contributed by atoms with Crippen molar-refractivity contribution in [3.8, 4) is 11.3 Å². The van der Waals surface area contributed by atoms with Crippen molar-refractivity contribution in [1.82, 2.24) is 14.1 Å². The maximum Gasteiger partial charge on any atom is 0.331 e. The molecular formula is C20H17ClFN5O3S2. The number of nitrogens with one attached hydrogen (secondary N) is 2. The van der Waals surface area contributed by atoms with Gasteiger partial charge in [-0.2, -0.15) is 0 Å². The average Bonchev–Trinajstić information content (AvgIpc) is 3.18. The lowest BCUT2D eigenvalue weighted by molar-refractivity contribution is -0.115. The van der Waals surface area contributed by atoms with Crippen molar-refractivity contribution in [3.05, 3.63) is 67.1 Å². The third kappa shape index (κ3) is 4.74. The number of hydrogen-bond acceptors (Lipinski definition) is 7. The predicted octanol–water partition coefficient (Wildman–Crippen LogP) is 3.49. The third-order valence-electron chi connectivity index (χ3n) is 4.53. The summed E-state index contributed by atoms with van der Waals surface area (Å²) in [6.45, 7) is 3.26. The number of hydrogen-bond donors (Lipinski definition) is 3. The number of thiazole rings is 1. The number of carbonyl (C=O) groups is 1. The standard InChI is InChI=1S/C20H17ClFN5O3S2/c1-9(22)10-4-11(6-12(21)5-10)14-8-32-19(24-14)25-15(28)7-13(23)16-17(29)26(2)20(30)27(3)18(16)31/h4-6,8,23,31H,1,7H2,2-3H3,(H,24,25,28). The van der Waals surface area contributed by atoms with Gasteiger partial charge in [-0.05, 0) is 18.2 Å². The molecular weight excluding hydrogens is 477 g/mol. The Morgan fingerprint density at radius 1 is 1.31 bits per heavy atom. The Morgan fingerprint density at radius 2 is 2.00 bits per heavy atom. The number of nitrogens with zero attached hydrogens (tertiary/aromatic N) is 3. The van der Waals surface area contributed by atoms with Gasteiger partial charge in [-0.3, -0.25) is 18.7 Å². The molecule has 3 rings (SSSR count). The minimum absolute atomic E-state index is 0.00125. The molecule has 0 radical (unpaired) electrons. The molecule has 3 aromatic rings. The molecule has 2 N–H and O–H groups in total. The average molecular weight is 494 g/mol. The van der Waals surface area contributed by atoms with Gasteiger partial charge in [0.25, 0.3) is 5.56 Å². The molecule has 0 fully saturated rings. The van der Waals surface area contributed by atoms with Crippen LogP contribution in [0.3, 0.4) is 0 Å². The van der Waals surface area contributed by atoms with Gasteiger partial charge in [0.15, 0.2) is 5.13 Å². The molecule has 2 heterocycles. The highest BCUT2D eigenvalue weighted by Crippen LogP contribution is 2.30. The Morgan fingerprint density at radius 3 is 2.66 bits per heavy atom. The second kappa shape index (κ2) is 9.23. The van der Waals surface area contributed by atoms with Crippen LogP contribution in [-0.4, -0.2) is 25.7 Å². The van der Waals surface area contributed by atoms with Gasteiger partial charge in [0, 0.05) is 35.6 Å². The van der Waals surface area contributed by atoms with Crippen LogP contribution < -0.4 is 16.6 Å². The topological polar surface area (TPSA) is 110 Å². The third-order valence-corrected chi connectivity index (χ3v) is 6.03. The SMILES string of the molecule is C=C(F)c1cc(Cl)cc(-c2csc(NC(=O)CC(=N)c3c(S)n(C)c(=O)n(C)c3=O)n2)c1. The molecule has 1 aromatic carbocycles. The minimum atomic E-state index is -0.710. The predicted molar refractivity (Wildman–Crippen MR) is 127 cm³/mol. The number of halogens is 2. The van der Waals surface area contributed by atoms with E-state index >= 15 is 0 Å². The summed E-state index contributed by atoms with van der Waals surface area (Å²) in [5.41, 5.74) is -0.484. The number of benzene rings is 1. The first kappa shape index (κ1) is 23.6. The zero-order valence-electron chi connectivity index (χ0n) is 16.9. The minimum Gasteiger partial charge on any atom is -0.304 e. The van der Waals surface area contributed by atoms with Gasteiger partial charge in [0.1, 0.15) is 5.83 Å². The van der Waals surface area contributed by atoms with E-state index in [9.17, 15) is 18.8 Å². The van der Waals surface area contributed by atoms with Crippen LogP contribution in [0.2, 0.25) is 5.02 Å². The van der Waals surface area contributed by atoms with Crippen molar-refractivity contribution in [2.45, 2.75) is 11.4 Å². The summed E-state index contributed by atoms with van der Waals surface area (Å²) < 4.78 is 15.4. The number of amides is 1. The zero-order valence-corrected chi connectivity index (χ0v) is 19.4. The highest BCUT2D eigenvalue weighted by Gasteiger charge is 2.20. The first-order valence-corrected chi connectivity index (χ1v) is 10.7. The lowest BCUT2D eigenvalue weighted by Gasteiger charge is -2.11. The van der Waals surface area contributed by atoms with E-state index in [1.54, 1.807) is 11.4 Å². The van der Waals surface area contributed by atoms with Gasteiger partial charge in [-0.1, -0.05) is 18.2 Å². The lowest BCUT2D eigenvalue weighted by atomic mass is 10.1. The van der Waals surface area contributed by atoms with Crippen LogP contribution in [-0.2, 0) is 18.9 Å². The summed E-state index contributed by atoms with van der Waals surface area (Å²) >= 11 is 11.3. The maximum atomic E-state index is 13.5. The molecule has 166 valence electrons. The normalized spacial score (nSPS) is 10.8. The quantitative estimate of drug-likeness (QED) is 0.277. The number of anilines is 1. The van der Waals surface area contributed by atoms with Gasteiger partial charge < -0.3 is 10.7 Å². The Kier molecular flexibility index (Phi) is 6.82. The molecule has 0 unspecified atom stereocenters. The fraction of sp³-hybridized carbons (Fsp3) is 0.150. The van der Waals surface area contributed by atoms with Gasteiger partial charge >= 0.3 is 5.69 Å². The maximum absolute atomic E-state index is 13.5. The lowest BCUT2D eigenvalue weighted by Crippen LogP contribution is -2.41. The van der Waals surface area contributed by atoms with Crippen LogP contribution in [0.1, 0.15) is 17.5 Å².